The summed E-state index contributed by atoms with van der Waals surface area (Å²) in [7, 11) is 1.60. The lowest BCUT2D eigenvalue weighted by Gasteiger charge is -2.05. The minimum Gasteiger partial charge on any atom is -0.468 e. The van der Waals surface area contributed by atoms with Gasteiger partial charge in [-0.2, -0.15) is 0 Å². The average Bonchev–Trinajstić information content (AvgIpc) is 2.38. The van der Waals surface area contributed by atoms with Gasteiger partial charge in [-0.05, 0) is 52.3 Å². The van der Waals surface area contributed by atoms with E-state index in [-0.39, 0.29) is 6.79 Å². The first-order valence-corrected chi connectivity index (χ1v) is 5.92. The fourth-order valence-corrected chi connectivity index (χ4v) is 1.63. The number of methoxy groups -OCH3 is 1. The quantitative estimate of drug-likeness (QED) is 0.809. The molecule has 1 heterocycles. The molecule has 88 valence electrons. The molecule has 0 saturated carbocycles. The second kappa shape index (κ2) is 5.80. The predicted molar refractivity (Wildman–Crippen MR) is 69.9 cm³/mol. The summed E-state index contributed by atoms with van der Waals surface area (Å²) >= 11 is 3.36. The van der Waals surface area contributed by atoms with Crippen LogP contribution >= 0.6 is 15.9 Å². The maximum atomic E-state index is 5.32. The second-order valence-electron chi connectivity index (χ2n) is 3.44. The SMILES string of the molecule is COCOc1ccc(-c2ccc(Br)cn2)cc1. The first-order valence-electron chi connectivity index (χ1n) is 5.13. The molecule has 0 unspecified atom stereocenters. The summed E-state index contributed by atoms with van der Waals surface area (Å²) in [6.07, 6.45) is 1.78. The lowest BCUT2D eigenvalue weighted by molar-refractivity contribution is 0.0511. The molecule has 4 heteroatoms. The molecule has 2 rings (SSSR count). The van der Waals surface area contributed by atoms with Crippen molar-refractivity contribution in [1.82, 2.24) is 4.98 Å². The van der Waals surface area contributed by atoms with E-state index in [9.17, 15) is 0 Å². The van der Waals surface area contributed by atoms with Crippen LogP contribution in [0.5, 0.6) is 5.75 Å². The third kappa shape index (κ3) is 3.28. The molecule has 0 fully saturated rings. The molecule has 0 aliphatic carbocycles. The van der Waals surface area contributed by atoms with Crippen LogP contribution in [-0.2, 0) is 4.74 Å². The Labute approximate surface area is 109 Å². The zero-order chi connectivity index (χ0) is 12.1. The van der Waals surface area contributed by atoms with Crippen molar-refractivity contribution in [1.29, 1.82) is 0 Å². The zero-order valence-electron chi connectivity index (χ0n) is 9.39. The van der Waals surface area contributed by atoms with Crippen LogP contribution < -0.4 is 4.74 Å². The molecule has 0 radical (unpaired) electrons. The predicted octanol–water partition coefficient (Wildman–Crippen LogP) is 3.49. The van der Waals surface area contributed by atoms with Crippen LogP contribution in [-0.4, -0.2) is 18.9 Å². The van der Waals surface area contributed by atoms with Crippen LogP contribution in [0.1, 0.15) is 0 Å². The van der Waals surface area contributed by atoms with Gasteiger partial charge in [-0.15, -0.1) is 0 Å². The molecule has 0 atom stereocenters. The van der Waals surface area contributed by atoms with Crippen LogP contribution in [0.15, 0.2) is 47.1 Å². The first kappa shape index (κ1) is 12.1. The van der Waals surface area contributed by atoms with Crippen molar-refractivity contribution in [2.75, 3.05) is 13.9 Å². The molecule has 1 aromatic carbocycles. The highest BCUT2D eigenvalue weighted by Crippen LogP contribution is 2.21. The highest BCUT2D eigenvalue weighted by Gasteiger charge is 1.99. The largest absolute Gasteiger partial charge is 0.468 e. The van der Waals surface area contributed by atoms with E-state index in [0.29, 0.717) is 0 Å². The summed E-state index contributed by atoms with van der Waals surface area (Å²) in [6.45, 7) is 0.260. The number of hydrogen-bond acceptors (Lipinski definition) is 3. The van der Waals surface area contributed by atoms with Gasteiger partial charge in [0, 0.05) is 23.3 Å². The van der Waals surface area contributed by atoms with Crippen LogP contribution in [0.4, 0.5) is 0 Å². The Hall–Kier alpha value is -1.39. The van der Waals surface area contributed by atoms with E-state index >= 15 is 0 Å². The van der Waals surface area contributed by atoms with E-state index in [1.54, 1.807) is 13.3 Å². The van der Waals surface area contributed by atoms with Gasteiger partial charge in [-0.3, -0.25) is 4.98 Å². The molecule has 0 aliphatic rings. The van der Waals surface area contributed by atoms with Gasteiger partial charge in [0.15, 0.2) is 6.79 Å². The highest BCUT2D eigenvalue weighted by atomic mass is 79.9. The standard InChI is InChI=1S/C13H12BrNO2/c1-16-9-17-12-5-2-10(3-6-12)13-7-4-11(14)8-15-13/h2-8H,9H2,1H3. The smallest absolute Gasteiger partial charge is 0.188 e. The summed E-state index contributed by atoms with van der Waals surface area (Å²) in [6, 6.07) is 11.7. The van der Waals surface area contributed by atoms with Gasteiger partial charge in [0.2, 0.25) is 0 Å². The number of nitrogens with zero attached hydrogens (tertiary/aromatic N) is 1. The fraction of sp³-hybridized carbons (Fsp3) is 0.154. The Bertz CT molecular complexity index is 468. The average molecular weight is 294 g/mol. The highest BCUT2D eigenvalue weighted by molar-refractivity contribution is 9.10. The molecular weight excluding hydrogens is 282 g/mol. The molecule has 0 amide bonds. The van der Waals surface area contributed by atoms with Crippen molar-refractivity contribution < 1.29 is 9.47 Å². The van der Waals surface area contributed by atoms with Crippen molar-refractivity contribution in [3.8, 4) is 17.0 Å². The topological polar surface area (TPSA) is 31.4 Å². The summed E-state index contributed by atoms with van der Waals surface area (Å²) in [5.74, 6) is 0.785. The van der Waals surface area contributed by atoms with E-state index in [1.165, 1.54) is 0 Å². The Balaban J connectivity index is 2.14. The van der Waals surface area contributed by atoms with Gasteiger partial charge in [0.05, 0.1) is 5.69 Å². The molecule has 0 bridgehead atoms. The maximum absolute atomic E-state index is 5.32. The number of benzene rings is 1. The van der Waals surface area contributed by atoms with Crippen LogP contribution in [0.3, 0.4) is 0 Å². The van der Waals surface area contributed by atoms with E-state index in [2.05, 4.69) is 20.9 Å². The zero-order valence-corrected chi connectivity index (χ0v) is 11.0. The maximum Gasteiger partial charge on any atom is 0.188 e. The van der Waals surface area contributed by atoms with Crippen molar-refractivity contribution in [3.05, 3.63) is 47.1 Å². The first-order chi connectivity index (χ1) is 8.29. The number of hydrogen-bond donors (Lipinski definition) is 0. The Morgan fingerprint density at radius 3 is 2.47 bits per heavy atom. The van der Waals surface area contributed by atoms with Crippen LogP contribution in [0.25, 0.3) is 11.3 Å². The number of pyridine rings is 1. The minimum atomic E-state index is 0.260. The summed E-state index contributed by atoms with van der Waals surface area (Å²) in [5, 5.41) is 0. The van der Waals surface area contributed by atoms with Gasteiger partial charge < -0.3 is 9.47 Å². The van der Waals surface area contributed by atoms with E-state index < -0.39 is 0 Å². The summed E-state index contributed by atoms with van der Waals surface area (Å²) < 4.78 is 11.1. The molecule has 3 nitrogen and oxygen atoms in total. The van der Waals surface area contributed by atoms with Crippen molar-refractivity contribution in [2.45, 2.75) is 0 Å². The molecule has 1 aromatic heterocycles. The minimum absolute atomic E-state index is 0.260. The van der Waals surface area contributed by atoms with Crippen LogP contribution in [0, 0.1) is 0 Å². The van der Waals surface area contributed by atoms with Crippen molar-refractivity contribution >= 4 is 15.9 Å². The van der Waals surface area contributed by atoms with Crippen molar-refractivity contribution in [2.24, 2.45) is 0 Å². The second-order valence-corrected chi connectivity index (χ2v) is 4.35. The summed E-state index contributed by atoms with van der Waals surface area (Å²) in [4.78, 5) is 4.33. The van der Waals surface area contributed by atoms with Gasteiger partial charge in [-0.1, -0.05) is 0 Å². The van der Waals surface area contributed by atoms with Crippen LogP contribution in [0.2, 0.25) is 0 Å². The molecule has 0 spiro atoms. The van der Waals surface area contributed by atoms with E-state index in [4.69, 9.17) is 9.47 Å². The lowest BCUT2D eigenvalue weighted by Crippen LogP contribution is -1.98. The number of halogens is 1. The van der Waals surface area contributed by atoms with Gasteiger partial charge in [-0.25, -0.2) is 0 Å². The monoisotopic (exact) mass is 293 g/mol. The molecule has 17 heavy (non-hydrogen) atoms. The number of ether oxygens (including phenoxy) is 2. The Morgan fingerprint density at radius 2 is 1.88 bits per heavy atom. The fourth-order valence-electron chi connectivity index (χ4n) is 1.40. The van der Waals surface area contributed by atoms with Gasteiger partial charge in [0.1, 0.15) is 5.75 Å². The Morgan fingerprint density at radius 1 is 1.12 bits per heavy atom. The molecule has 2 aromatic rings. The van der Waals surface area contributed by atoms with E-state index in [0.717, 1.165) is 21.5 Å². The molecule has 0 saturated heterocycles. The lowest BCUT2D eigenvalue weighted by atomic mass is 10.1. The number of aromatic nitrogens is 1. The number of rotatable bonds is 4. The molecular formula is C13H12BrNO2. The van der Waals surface area contributed by atoms with Gasteiger partial charge >= 0.3 is 0 Å². The Kier molecular flexibility index (Phi) is 4.12. The normalized spacial score (nSPS) is 10.2. The van der Waals surface area contributed by atoms with Gasteiger partial charge in [0.25, 0.3) is 0 Å². The van der Waals surface area contributed by atoms with Crippen molar-refractivity contribution in [3.63, 3.8) is 0 Å². The molecule has 0 N–H and O–H groups in total. The molecule has 0 aliphatic heterocycles. The van der Waals surface area contributed by atoms with E-state index in [1.807, 2.05) is 36.4 Å². The summed E-state index contributed by atoms with van der Waals surface area (Å²) in [5.41, 5.74) is 1.99. The third-order valence-corrected chi connectivity index (χ3v) is 2.69. The third-order valence-electron chi connectivity index (χ3n) is 2.22.